The van der Waals surface area contributed by atoms with Gasteiger partial charge in [-0.2, -0.15) is 0 Å². The van der Waals surface area contributed by atoms with Gasteiger partial charge >= 0.3 is 0 Å². The lowest BCUT2D eigenvalue weighted by Crippen LogP contribution is -2.30. The van der Waals surface area contributed by atoms with Crippen molar-refractivity contribution in [1.82, 2.24) is 4.90 Å². The van der Waals surface area contributed by atoms with Crippen molar-refractivity contribution in [3.63, 3.8) is 0 Å². The van der Waals surface area contributed by atoms with E-state index in [1.54, 1.807) is 6.92 Å². The number of carbonyl (C=O) groups excluding carboxylic acids is 1. The molecule has 0 N–H and O–H groups in total. The van der Waals surface area contributed by atoms with Gasteiger partial charge in [0, 0.05) is 31.9 Å². The zero-order chi connectivity index (χ0) is 27.0. The fraction of sp³-hybridized carbons (Fsp3) is 0.545. The number of ether oxygens (including phenoxy) is 1. The first-order valence-corrected chi connectivity index (χ1v) is 15.7. The fourth-order valence-corrected chi connectivity index (χ4v) is 5.66. The number of benzene rings is 2. The Morgan fingerprint density at radius 2 is 1.59 bits per heavy atom. The smallest absolute Gasteiger partial charge is 0.223 e. The largest absolute Gasteiger partial charge is 0.494 e. The van der Waals surface area contributed by atoms with Crippen molar-refractivity contribution in [3.8, 4) is 5.75 Å². The number of carbonyl (C=O) groups is 1. The molecule has 0 fully saturated rings. The van der Waals surface area contributed by atoms with Crippen LogP contribution in [0.4, 0.5) is 5.69 Å². The Balaban J connectivity index is 0.00000533. The molecule has 0 radical (unpaired) electrons. The number of unbranched alkanes of at least 4 members (excludes halogenated alkanes) is 9. The molecule has 0 bridgehead atoms. The van der Waals surface area contributed by atoms with E-state index in [1.165, 1.54) is 73.8 Å². The fourth-order valence-electron chi connectivity index (χ4n) is 4.90. The highest BCUT2D eigenvalue weighted by Gasteiger charge is 2.13. The molecule has 0 spiro atoms. The number of thioether (sulfide) groups is 1. The van der Waals surface area contributed by atoms with E-state index in [0.717, 1.165) is 43.3 Å². The Morgan fingerprint density at radius 3 is 2.21 bits per heavy atom. The van der Waals surface area contributed by atoms with Gasteiger partial charge in [-0.1, -0.05) is 89.0 Å². The average molecular weight is 618 g/mol. The van der Waals surface area contributed by atoms with Crippen LogP contribution in [-0.2, 0) is 17.8 Å². The standard InChI is InChI=1S/C33H48N2O2S.BrH/c1-4-5-6-7-8-9-10-11-12-13-23-37-33-16-14-15-30(24-33)21-22-35(29(3)36)32-19-17-31(18-20-32)26-34-25-28(2)38-27-34;/h14-20,24-25H,4-13,21-23,26-27H2,1-3H3;1H. The summed E-state index contributed by atoms with van der Waals surface area (Å²) in [6, 6.07) is 16.8. The van der Waals surface area contributed by atoms with Gasteiger partial charge in [0.2, 0.25) is 5.91 Å². The summed E-state index contributed by atoms with van der Waals surface area (Å²) in [4.78, 5) is 18.0. The second-order valence-corrected chi connectivity index (χ2v) is 11.7. The maximum atomic E-state index is 12.4. The van der Waals surface area contributed by atoms with Crippen molar-refractivity contribution in [2.75, 3.05) is 23.9 Å². The van der Waals surface area contributed by atoms with Crippen LogP contribution in [0.1, 0.15) is 96.1 Å². The Bertz CT molecular complexity index is 995. The summed E-state index contributed by atoms with van der Waals surface area (Å²) < 4.78 is 6.04. The van der Waals surface area contributed by atoms with Gasteiger partial charge in [0.1, 0.15) is 5.75 Å². The van der Waals surface area contributed by atoms with Gasteiger partial charge in [0.05, 0.1) is 12.5 Å². The van der Waals surface area contributed by atoms with Crippen LogP contribution in [0.25, 0.3) is 0 Å². The molecule has 1 aliphatic rings. The van der Waals surface area contributed by atoms with Crippen LogP contribution >= 0.6 is 28.7 Å². The van der Waals surface area contributed by atoms with E-state index in [9.17, 15) is 4.79 Å². The van der Waals surface area contributed by atoms with Crippen LogP contribution < -0.4 is 9.64 Å². The first-order chi connectivity index (χ1) is 18.5. The Morgan fingerprint density at radius 1 is 0.923 bits per heavy atom. The van der Waals surface area contributed by atoms with E-state index in [2.05, 4.69) is 67.4 Å². The van der Waals surface area contributed by atoms with Crippen LogP contribution in [0.15, 0.2) is 59.6 Å². The van der Waals surface area contributed by atoms with Crippen LogP contribution in [0.5, 0.6) is 5.75 Å². The second kappa shape index (κ2) is 19.2. The third-order valence-electron chi connectivity index (χ3n) is 7.13. The summed E-state index contributed by atoms with van der Waals surface area (Å²) in [7, 11) is 0. The van der Waals surface area contributed by atoms with Gasteiger partial charge < -0.3 is 14.5 Å². The first kappa shape index (κ1) is 33.3. The van der Waals surface area contributed by atoms with E-state index in [0.29, 0.717) is 6.54 Å². The zero-order valence-corrected chi connectivity index (χ0v) is 26.9. The van der Waals surface area contributed by atoms with E-state index < -0.39 is 0 Å². The highest BCUT2D eigenvalue weighted by atomic mass is 79.9. The molecule has 4 nitrogen and oxygen atoms in total. The van der Waals surface area contributed by atoms with Gasteiger partial charge in [-0.15, -0.1) is 28.7 Å². The van der Waals surface area contributed by atoms with E-state index in [-0.39, 0.29) is 22.9 Å². The molecule has 1 heterocycles. The monoisotopic (exact) mass is 616 g/mol. The predicted molar refractivity (Wildman–Crippen MR) is 174 cm³/mol. The third-order valence-corrected chi connectivity index (χ3v) is 8.15. The molecule has 0 saturated carbocycles. The molecule has 39 heavy (non-hydrogen) atoms. The predicted octanol–water partition coefficient (Wildman–Crippen LogP) is 9.53. The molecular weight excluding hydrogens is 568 g/mol. The summed E-state index contributed by atoms with van der Waals surface area (Å²) in [5.41, 5.74) is 3.41. The molecule has 0 aliphatic carbocycles. The van der Waals surface area contributed by atoms with Crippen LogP contribution in [0, 0.1) is 0 Å². The number of nitrogens with zero attached hydrogens (tertiary/aromatic N) is 2. The molecule has 2 aromatic carbocycles. The Kier molecular flexibility index (Phi) is 16.4. The molecule has 0 aromatic heterocycles. The molecule has 3 rings (SSSR count). The van der Waals surface area contributed by atoms with Gasteiger partial charge in [-0.25, -0.2) is 0 Å². The maximum Gasteiger partial charge on any atom is 0.223 e. The number of halogens is 1. The molecule has 1 amide bonds. The van der Waals surface area contributed by atoms with Crippen molar-refractivity contribution in [3.05, 3.63) is 70.8 Å². The van der Waals surface area contributed by atoms with Gasteiger partial charge in [-0.3, -0.25) is 4.79 Å². The SMILES string of the molecule is Br.CCCCCCCCCCCCOc1cccc(CCN(C(C)=O)c2ccc(CN3C=C(C)SC3)cc2)c1. The summed E-state index contributed by atoms with van der Waals surface area (Å²) in [5.74, 6) is 2.01. The lowest BCUT2D eigenvalue weighted by atomic mass is 10.1. The number of rotatable bonds is 18. The van der Waals surface area contributed by atoms with Crippen LogP contribution in [0.3, 0.4) is 0 Å². The summed E-state index contributed by atoms with van der Waals surface area (Å²) in [6.07, 6.45) is 16.3. The zero-order valence-electron chi connectivity index (χ0n) is 24.3. The summed E-state index contributed by atoms with van der Waals surface area (Å²) in [5, 5.41) is 0. The van der Waals surface area contributed by atoms with Gasteiger partial charge in [-0.05, 0) is 60.1 Å². The minimum atomic E-state index is 0. The Labute approximate surface area is 252 Å². The third kappa shape index (κ3) is 12.9. The van der Waals surface area contributed by atoms with Crippen molar-refractivity contribution < 1.29 is 9.53 Å². The summed E-state index contributed by atoms with van der Waals surface area (Å²) >= 11 is 1.88. The number of allylic oxidation sites excluding steroid dienone is 1. The summed E-state index contributed by atoms with van der Waals surface area (Å²) in [6.45, 7) is 8.40. The molecule has 216 valence electrons. The van der Waals surface area contributed by atoms with Crippen molar-refractivity contribution in [2.24, 2.45) is 0 Å². The lowest BCUT2D eigenvalue weighted by molar-refractivity contribution is -0.116. The average Bonchev–Trinajstić information content (AvgIpc) is 3.32. The molecule has 2 aromatic rings. The molecule has 0 unspecified atom stereocenters. The molecule has 6 heteroatoms. The molecular formula is C33H49BrN2O2S. The topological polar surface area (TPSA) is 32.8 Å². The van der Waals surface area contributed by atoms with E-state index >= 15 is 0 Å². The number of hydrogen-bond donors (Lipinski definition) is 0. The van der Waals surface area contributed by atoms with E-state index in [4.69, 9.17) is 4.74 Å². The first-order valence-electron chi connectivity index (χ1n) is 14.7. The number of anilines is 1. The minimum Gasteiger partial charge on any atom is -0.494 e. The normalized spacial score (nSPS) is 12.7. The number of hydrogen-bond acceptors (Lipinski definition) is 4. The quantitative estimate of drug-likeness (QED) is 0.156. The lowest BCUT2D eigenvalue weighted by Gasteiger charge is -2.22. The van der Waals surface area contributed by atoms with Crippen LogP contribution in [-0.4, -0.2) is 29.8 Å². The minimum absolute atomic E-state index is 0. The van der Waals surface area contributed by atoms with E-state index in [1.807, 2.05) is 22.7 Å². The molecule has 0 atom stereocenters. The van der Waals surface area contributed by atoms with Crippen LogP contribution in [0.2, 0.25) is 0 Å². The Hall–Kier alpha value is -1.92. The maximum absolute atomic E-state index is 12.4. The van der Waals surface area contributed by atoms with Crippen molar-refractivity contribution in [1.29, 1.82) is 0 Å². The second-order valence-electron chi connectivity index (χ2n) is 10.5. The van der Waals surface area contributed by atoms with Gasteiger partial charge in [0.15, 0.2) is 0 Å². The highest BCUT2D eigenvalue weighted by Crippen LogP contribution is 2.26. The molecule has 1 aliphatic heterocycles. The van der Waals surface area contributed by atoms with Crippen molar-refractivity contribution >= 4 is 40.3 Å². The number of amides is 1. The van der Waals surface area contributed by atoms with Crippen molar-refractivity contribution in [2.45, 2.75) is 97.9 Å². The highest BCUT2D eigenvalue weighted by molar-refractivity contribution is 8.93. The van der Waals surface area contributed by atoms with Gasteiger partial charge in [0.25, 0.3) is 0 Å². The molecule has 0 saturated heterocycles.